The molecule has 102 valence electrons. The van der Waals surface area contributed by atoms with Gasteiger partial charge in [-0.25, -0.2) is 0 Å². The van der Waals surface area contributed by atoms with Gasteiger partial charge in [-0.15, -0.1) is 0 Å². The maximum absolute atomic E-state index is 11.6. The van der Waals surface area contributed by atoms with E-state index in [2.05, 4.69) is 4.98 Å². The van der Waals surface area contributed by atoms with Crippen molar-refractivity contribution in [3.63, 3.8) is 0 Å². The zero-order valence-electron chi connectivity index (χ0n) is 9.67. The maximum atomic E-state index is 11.6. The second kappa shape index (κ2) is 5.84. The standard InChI is InChI=1S/C10H5N4O.BF4/c11-6-7-5-8(13-12)10(15)14-4-2-1-3-9(7)14;2-1(3,4)5/h1-5H;/q+1;-1. The molecule has 0 radical (unpaired) electrons. The highest BCUT2D eigenvalue weighted by molar-refractivity contribution is 6.50. The molecule has 2 heterocycles. The van der Waals surface area contributed by atoms with Gasteiger partial charge in [-0.1, -0.05) is 6.07 Å². The summed E-state index contributed by atoms with van der Waals surface area (Å²) in [4.78, 5) is 14.5. The Labute approximate surface area is 109 Å². The summed E-state index contributed by atoms with van der Waals surface area (Å²) in [5.74, 6) is 0. The molecule has 2 rings (SSSR count). The van der Waals surface area contributed by atoms with Gasteiger partial charge in [0.05, 0.1) is 17.1 Å². The number of hydrogen-bond acceptors (Lipinski definition) is 3. The lowest BCUT2D eigenvalue weighted by molar-refractivity contribution is 0.368. The van der Waals surface area contributed by atoms with E-state index < -0.39 is 12.8 Å². The number of diazo groups is 1. The van der Waals surface area contributed by atoms with Crippen LogP contribution in [0.5, 0.6) is 0 Å². The Morgan fingerprint density at radius 2 is 1.85 bits per heavy atom. The molecule has 0 aromatic carbocycles. The van der Waals surface area contributed by atoms with Crippen LogP contribution < -0.4 is 5.56 Å². The van der Waals surface area contributed by atoms with E-state index in [1.165, 1.54) is 16.7 Å². The largest absolute Gasteiger partial charge is 0.673 e. The highest BCUT2D eigenvalue weighted by Crippen LogP contribution is 2.13. The first-order chi connectivity index (χ1) is 9.27. The van der Waals surface area contributed by atoms with Gasteiger partial charge in [0.15, 0.2) is 4.98 Å². The maximum Gasteiger partial charge on any atom is 0.673 e. The summed E-state index contributed by atoms with van der Waals surface area (Å²) in [5, 5.41) is 17.5. The van der Waals surface area contributed by atoms with Crippen LogP contribution in [0.25, 0.3) is 10.5 Å². The molecule has 0 aliphatic rings. The van der Waals surface area contributed by atoms with Crippen LogP contribution in [0.1, 0.15) is 5.56 Å². The summed E-state index contributed by atoms with van der Waals surface area (Å²) in [6.45, 7) is 0. The van der Waals surface area contributed by atoms with Gasteiger partial charge in [-0.05, 0) is 12.1 Å². The quantitative estimate of drug-likeness (QED) is 0.424. The molecule has 0 atom stereocenters. The van der Waals surface area contributed by atoms with Crippen molar-refractivity contribution in [3.05, 3.63) is 51.4 Å². The minimum absolute atomic E-state index is 0.143. The molecule has 20 heavy (non-hydrogen) atoms. The van der Waals surface area contributed by atoms with E-state index in [-0.39, 0.29) is 5.69 Å². The van der Waals surface area contributed by atoms with Gasteiger partial charge in [0, 0.05) is 6.20 Å². The van der Waals surface area contributed by atoms with E-state index in [0.29, 0.717) is 11.1 Å². The van der Waals surface area contributed by atoms with Crippen LogP contribution in [0.4, 0.5) is 23.0 Å². The fourth-order valence-electron chi connectivity index (χ4n) is 1.40. The fraction of sp³-hybridized carbons (Fsp3) is 0. The highest BCUT2D eigenvalue weighted by Gasteiger charge is 2.20. The zero-order valence-corrected chi connectivity index (χ0v) is 9.67. The minimum atomic E-state index is -6.00. The Morgan fingerprint density at radius 3 is 2.35 bits per heavy atom. The van der Waals surface area contributed by atoms with Crippen molar-refractivity contribution in [2.45, 2.75) is 0 Å². The molecule has 0 N–H and O–H groups in total. The molecule has 0 amide bonds. The van der Waals surface area contributed by atoms with Gasteiger partial charge in [-0.2, -0.15) is 5.26 Å². The molecule has 0 fully saturated rings. The van der Waals surface area contributed by atoms with E-state index in [1.54, 1.807) is 18.2 Å². The van der Waals surface area contributed by atoms with E-state index in [4.69, 9.17) is 10.7 Å². The average molecular weight is 284 g/mol. The van der Waals surface area contributed by atoms with E-state index in [9.17, 15) is 22.1 Å². The Hall–Kier alpha value is -2.88. The molecule has 0 bridgehead atoms. The summed E-state index contributed by atoms with van der Waals surface area (Å²) in [6, 6.07) is 8.25. The number of halogens is 4. The predicted octanol–water partition coefficient (Wildman–Crippen LogP) is 2.96. The topological polar surface area (TPSA) is 73.4 Å². The number of hydrogen-bond donors (Lipinski definition) is 0. The second-order valence-electron chi connectivity index (χ2n) is 3.41. The van der Waals surface area contributed by atoms with Crippen LogP contribution in [0, 0.1) is 16.7 Å². The minimum Gasteiger partial charge on any atom is -0.418 e. The molecule has 0 unspecified atom stereocenters. The van der Waals surface area contributed by atoms with Gasteiger partial charge < -0.3 is 17.3 Å². The van der Waals surface area contributed by atoms with Gasteiger partial charge in [0.25, 0.3) is 0 Å². The summed E-state index contributed by atoms with van der Waals surface area (Å²) in [5.41, 5.74) is 0.197. The summed E-state index contributed by atoms with van der Waals surface area (Å²) < 4.78 is 40.3. The number of pyridine rings is 2. The Morgan fingerprint density at radius 1 is 1.25 bits per heavy atom. The number of nitrogens with zero attached hydrogens (tertiary/aromatic N) is 4. The molecule has 2 aromatic rings. The number of rotatable bonds is 0. The normalized spacial score (nSPS) is 10.1. The van der Waals surface area contributed by atoms with E-state index in [1.807, 2.05) is 6.07 Å². The van der Waals surface area contributed by atoms with Gasteiger partial charge in [0.1, 0.15) is 6.07 Å². The van der Waals surface area contributed by atoms with Crippen molar-refractivity contribution < 1.29 is 17.3 Å². The van der Waals surface area contributed by atoms with E-state index in [0.717, 1.165) is 0 Å². The molecule has 0 saturated carbocycles. The van der Waals surface area contributed by atoms with Crippen LogP contribution >= 0.6 is 0 Å². The molecule has 0 spiro atoms. The van der Waals surface area contributed by atoms with Crippen LogP contribution in [-0.4, -0.2) is 11.7 Å². The first-order valence-corrected chi connectivity index (χ1v) is 5.05. The molecule has 0 aliphatic heterocycles. The van der Waals surface area contributed by atoms with Crippen molar-refractivity contribution in [2.75, 3.05) is 0 Å². The average Bonchev–Trinajstić information content (AvgIpc) is 2.38. The molecule has 2 aromatic heterocycles. The van der Waals surface area contributed by atoms with Crippen molar-refractivity contribution >= 4 is 18.5 Å². The summed E-state index contributed by atoms with van der Waals surface area (Å²) >= 11 is 0. The third-order valence-corrected chi connectivity index (χ3v) is 2.08. The van der Waals surface area contributed by atoms with Gasteiger partial charge >= 0.3 is 18.5 Å². The molecule has 0 saturated heterocycles. The monoisotopic (exact) mass is 284 g/mol. The molecular weight excluding hydrogens is 279 g/mol. The Kier molecular flexibility index (Phi) is 4.44. The van der Waals surface area contributed by atoms with Crippen LogP contribution in [0.2, 0.25) is 0 Å². The number of aromatic nitrogens is 1. The molecule has 10 heteroatoms. The smallest absolute Gasteiger partial charge is 0.418 e. The zero-order chi connectivity index (χ0) is 15.3. The lowest BCUT2D eigenvalue weighted by Crippen LogP contribution is -2.12. The van der Waals surface area contributed by atoms with Gasteiger partial charge in [-0.3, -0.25) is 9.20 Å². The van der Waals surface area contributed by atoms with Gasteiger partial charge in [0.2, 0.25) is 5.39 Å². The SMILES string of the molecule is F[B-](F)(F)F.N#Cc1cc([N+]#N)c(=O)n2ccccc12. The molecular formula is C10H5BF4N4O. The van der Waals surface area contributed by atoms with Crippen LogP contribution in [0.3, 0.4) is 0 Å². The third kappa shape index (κ3) is 3.81. The first-order valence-electron chi connectivity index (χ1n) is 5.05. The van der Waals surface area contributed by atoms with Crippen LogP contribution in [-0.2, 0) is 0 Å². The Bertz CT molecular complexity index is 766. The van der Waals surface area contributed by atoms with Crippen LogP contribution in [0.15, 0.2) is 35.3 Å². The Balaban J connectivity index is 0.000000347. The third-order valence-electron chi connectivity index (χ3n) is 2.08. The number of fused-ring (bicyclic) bond motifs is 1. The fourth-order valence-corrected chi connectivity index (χ4v) is 1.40. The highest BCUT2D eigenvalue weighted by atomic mass is 19.5. The molecule has 5 nitrogen and oxygen atoms in total. The van der Waals surface area contributed by atoms with Crippen molar-refractivity contribution in [3.8, 4) is 6.07 Å². The predicted molar refractivity (Wildman–Crippen MR) is 63.3 cm³/mol. The van der Waals surface area contributed by atoms with Crippen molar-refractivity contribution in [2.24, 2.45) is 0 Å². The number of nitriles is 1. The molecule has 0 aliphatic carbocycles. The van der Waals surface area contributed by atoms with E-state index >= 15 is 0 Å². The summed E-state index contributed by atoms with van der Waals surface area (Å²) in [7, 11) is -6.00. The van der Waals surface area contributed by atoms with Crippen molar-refractivity contribution in [1.82, 2.24) is 4.40 Å². The lowest BCUT2D eigenvalue weighted by Gasteiger charge is -1.98. The lowest BCUT2D eigenvalue weighted by atomic mass is 10.2. The second-order valence-corrected chi connectivity index (χ2v) is 3.41. The first kappa shape index (κ1) is 15.2. The van der Waals surface area contributed by atoms with Crippen molar-refractivity contribution in [1.29, 1.82) is 10.7 Å². The summed E-state index contributed by atoms with van der Waals surface area (Å²) in [6.07, 6.45) is 1.52.